The minimum atomic E-state index is -0.186. The number of rotatable bonds is 7. The number of methoxy groups -OCH3 is 2. The van der Waals surface area contributed by atoms with Gasteiger partial charge in [0.05, 0.1) is 20.8 Å². The Hall–Kier alpha value is -3.21. The fourth-order valence-corrected chi connectivity index (χ4v) is 3.05. The van der Waals surface area contributed by atoms with E-state index in [-0.39, 0.29) is 5.91 Å². The average Bonchev–Trinajstić information content (AvgIpc) is 2.71. The van der Waals surface area contributed by atoms with Crippen molar-refractivity contribution in [2.45, 2.75) is 13.5 Å². The van der Waals surface area contributed by atoms with Crippen molar-refractivity contribution in [2.75, 3.05) is 20.8 Å². The predicted octanol–water partition coefficient (Wildman–Crippen LogP) is 4.19. The van der Waals surface area contributed by atoms with Gasteiger partial charge in [0.15, 0.2) is 11.5 Å². The van der Waals surface area contributed by atoms with E-state index >= 15 is 0 Å². The summed E-state index contributed by atoms with van der Waals surface area (Å²) in [6.45, 7) is 2.74. The highest BCUT2D eigenvalue weighted by molar-refractivity contribution is 5.95. The zero-order valence-electron chi connectivity index (χ0n) is 15.7. The van der Waals surface area contributed by atoms with E-state index < -0.39 is 0 Å². The first-order valence-corrected chi connectivity index (χ1v) is 8.81. The number of fused-ring (bicyclic) bond motifs is 1. The monoisotopic (exact) mass is 365 g/mol. The standard InChI is InChI=1S/C22H23NO4/c1-4-27-21-13-16(10-12-20(21)26-3)22(24)23-14-18-17-8-6-5-7-15(17)9-11-19(18)25-2/h5-13H,4,14H2,1-3H3,(H,23,24). The van der Waals surface area contributed by atoms with E-state index in [1.54, 1.807) is 32.4 Å². The molecule has 5 nitrogen and oxygen atoms in total. The van der Waals surface area contributed by atoms with Crippen LogP contribution in [0.25, 0.3) is 10.8 Å². The Kier molecular flexibility index (Phi) is 5.81. The van der Waals surface area contributed by atoms with Crippen LogP contribution in [0.5, 0.6) is 17.2 Å². The van der Waals surface area contributed by atoms with Gasteiger partial charge in [-0.25, -0.2) is 0 Å². The topological polar surface area (TPSA) is 56.8 Å². The van der Waals surface area contributed by atoms with Gasteiger partial charge in [-0.3, -0.25) is 4.79 Å². The van der Waals surface area contributed by atoms with E-state index in [4.69, 9.17) is 14.2 Å². The third kappa shape index (κ3) is 3.97. The maximum atomic E-state index is 12.7. The fraction of sp³-hybridized carbons (Fsp3) is 0.227. The molecule has 1 N–H and O–H groups in total. The fourth-order valence-electron chi connectivity index (χ4n) is 3.05. The normalized spacial score (nSPS) is 10.5. The van der Waals surface area contributed by atoms with Crippen molar-refractivity contribution < 1.29 is 19.0 Å². The van der Waals surface area contributed by atoms with Crippen LogP contribution in [0.15, 0.2) is 54.6 Å². The predicted molar refractivity (Wildman–Crippen MR) is 106 cm³/mol. The van der Waals surface area contributed by atoms with E-state index in [0.717, 1.165) is 22.1 Å². The van der Waals surface area contributed by atoms with Crippen LogP contribution >= 0.6 is 0 Å². The Morgan fingerprint density at radius 3 is 2.41 bits per heavy atom. The third-order valence-corrected chi connectivity index (χ3v) is 4.37. The summed E-state index contributed by atoms with van der Waals surface area (Å²) >= 11 is 0. The maximum absolute atomic E-state index is 12.7. The molecule has 5 heteroatoms. The molecule has 0 saturated carbocycles. The molecule has 1 amide bonds. The highest BCUT2D eigenvalue weighted by Gasteiger charge is 2.13. The van der Waals surface area contributed by atoms with Gasteiger partial charge in [0, 0.05) is 17.7 Å². The minimum absolute atomic E-state index is 0.186. The molecule has 0 aromatic heterocycles. The van der Waals surface area contributed by atoms with Crippen LogP contribution in [0.2, 0.25) is 0 Å². The maximum Gasteiger partial charge on any atom is 0.251 e. The lowest BCUT2D eigenvalue weighted by atomic mass is 10.0. The number of carbonyl (C=O) groups excluding carboxylic acids is 1. The van der Waals surface area contributed by atoms with Crippen LogP contribution < -0.4 is 19.5 Å². The number of amides is 1. The molecule has 0 spiro atoms. The van der Waals surface area contributed by atoms with Crippen molar-refractivity contribution in [3.05, 3.63) is 65.7 Å². The molecule has 0 fully saturated rings. The second kappa shape index (κ2) is 8.45. The van der Waals surface area contributed by atoms with Gasteiger partial charge in [0.2, 0.25) is 0 Å². The number of hydrogen-bond acceptors (Lipinski definition) is 4. The summed E-state index contributed by atoms with van der Waals surface area (Å²) < 4.78 is 16.3. The summed E-state index contributed by atoms with van der Waals surface area (Å²) in [6, 6.07) is 17.1. The lowest BCUT2D eigenvalue weighted by Gasteiger charge is -2.14. The van der Waals surface area contributed by atoms with Crippen LogP contribution in [0.4, 0.5) is 0 Å². The Morgan fingerprint density at radius 1 is 0.926 bits per heavy atom. The number of nitrogens with one attached hydrogen (secondary N) is 1. The van der Waals surface area contributed by atoms with Crippen LogP contribution in [-0.4, -0.2) is 26.7 Å². The van der Waals surface area contributed by atoms with Gasteiger partial charge in [0.25, 0.3) is 5.91 Å². The SMILES string of the molecule is CCOc1cc(C(=O)NCc2c(OC)ccc3ccccc23)ccc1OC. The molecule has 3 aromatic carbocycles. The van der Waals surface area contributed by atoms with E-state index in [0.29, 0.717) is 30.2 Å². The molecular formula is C22H23NO4. The molecule has 0 radical (unpaired) electrons. The third-order valence-electron chi connectivity index (χ3n) is 4.37. The van der Waals surface area contributed by atoms with Gasteiger partial charge in [-0.2, -0.15) is 0 Å². The molecule has 27 heavy (non-hydrogen) atoms. The van der Waals surface area contributed by atoms with Crippen LogP contribution in [-0.2, 0) is 6.54 Å². The molecule has 3 rings (SSSR count). The van der Waals surface area contributed by atoms with Gasteiger partial charge in [-0.15, -0.1) is 0 Å². The van der Waals surface area contributed by atoms with Crippen molar-refractivity contribution in [1.29, 1.82) is 0 Å². The zero-order chi connectivity index (χ0) is 19.2. The molecule has 0 aliphatic heterocycles. The van der Waals surface area contributed by atoms with E-state index in [1.807, 2.05) is 43.3 Å². The Bertz CT molecular complexity index is 952. The first-order valence-electron chi connectivity index (χ1n) is 8.81. The second-order valence-corrected chi connectivity index (χ2v) is 5.95. The van der Waals surface area contributed by atoms with E-state index in [2.05, 4.69) is 5.32 Å². The van der Waals surface area contributed by atoms with Crippen molar-refractivity contribution in [3.8, 4) is 17.2 Å². The quantitative estimate of drug-likeness (QED) is 0.682. The van der Waals surface area contributed by atoms with Crippen molar-refractivity contribution in [2.24, 2.45) is 0 Å². The lowest BCUT2D eigenvalue weighted by Crippen LogP contribution is -2.23. The van der Waals surface area contributed by atoms with Gasteiger partial charge in [-0.05, 0) is 42.0 Å². The Morgan fingerprint density at radius 2 is 1.67 bits per heavy atom. The first kappa shape index (κ1) is 18.6. The molecule has 0 unspecified atom stereocenters. The molecule has 0 bridgehead atoms. The van der Waals surface area contributed by atoms with Crippen LogP contribution in [0, 0.1) is 0 Å². The van der Waals surface area contributed by atoms with Gasteiger partial charge >= 0.3 is 0 Å². The summed E-state index contributed by atoms with van der Waals surface area (Å²) in [5.41, 5.74) is 1.46. The lowest BCUT2D eigenvalue weighted by molar-refractivity contribution is 0.0950. The smallest absolute Gasteiger partial charge is 0.251 e. The molecule has 0 heterocycles. The van der Waals surface area contributed by atoms with Gasteiger partial charge in [-0.1, -0.05) is 30.3 Å². The van der Waals surface area contributed by atoms with Gasteiger partial charge in [0.1, 0.15) is 5.75 Å². The molecule has 140 valence electrons. The van der Waals surface area contributed by atoms with Crippen molar-refractivity contribution in [1.82, 2.24) is 5.32 Å². The summed E-state index contributed by atoms with van der Waals surface area (Å²) in [6.07, 6.45) is 0. The number of ether oxygens (including phenoxy) is 3. The molecule has 0 aliphatic carbocycles. The molecule has 0 saturated heterocycles. The molecular weight excluding hydrogens is 342 g/mol. The highest BCUT2D eigenvalue weighted by Crippen LogP contribution is 2.29. The molecule has 3 aromatic rings. The van der Waals surface area contributed by atoms with Crippen molar-refractivity contribution >= 4 is 16.7 Å². The number of hydrogen-bond donors (Lipinski definition) is 1. The summed E-state index contributed by atoms with van der Waals surface area (Å²) in [7, 11) is 3.21. The highest BCUT2D eigenvalue weighted by atomic mass is 16.5. The zero-order valence-corrected chi connectivity index (χ0v) is 15.7. The van der Waals surface area contributed by atoms with E-state index in [1.165, 1.54) is 0 Å². The van der Waals surface area contributed by atoms with Crippen LogP contribution in [0.3, 0.4) is 0 Å². The summed E-state index contributed by atoms with van der Waals surface area (Å²) in [5, 5.41) is 5.13. The Balaban J connectivity index is 1.84. The first-order chi connectivity index (χ1) is 13.2. The summed E-state index contributed by atoms with van der Waals surface area (Å²) in [5.74, 6) is 1.71. The Labute approximate surface area is 158 Å². The minimum Gasteiger partial charge on any atom is -0.496 e. The average molecular weight is 365 g/mol. The van der Waals surface area contributed by atoms with Gasteiger partial charge < -0.3 is 19.5 Å². The summed E-state index contributed by atoms with van der Waals surface area (Å²) in [4.78, 5) is 12.7. The van der Waals surface area contributed by atoms with Crippen molar-refractivity contribution in [3.63, 3.8) is 0 Å². The number of benzene rings is 3. The molecule has 0 aliphatic rings. The van der Waals surface area contributed by atoms with E-state index in [9.17, 15) is 4.79 Å². The number of carbonyl (C=O) groups is 1. The largest absolute Gasteiger partial charge is 0.496 e. The van der Waals surface area contributed by atoms with Crippen LogP contribution in [0.1, 0.15) is 22.8 Å². The molecule has 0 atom stereocenters. The second-order valence-electron chi connectivity index (χ2n) is 5.95.